The van der Waals surface area contributed by atoms with Crippen LogP contribution in [0.15, 0.2) is 24.3 Å². The third-order valence-electron chi connectivity index (χ3n) is 3.88. The summed E-state index contributed by atoms with van der Waals surface area (Å²) in [6.45, 7) is 0.952. The number of carbonyl (C=O) groups is 1. The molecule has 22 heavy (non-hydrogen) atoms. The standard InChI is InChI=1S/C15H17NO5S/c1-22(18,19)12-6-7-16(9-12)15(17)5-3-11-2-4-13-14(8-11)21-10-20-13/h2-5,8,12H,6-7,9-10H2,1H3/b5-3+. The van der Waals surface area contributed by atoms with E-state index in [2.05, 4.69) is 0 Å². The van der Waals surface area contributed by atoms with Crippen molar-refractivity contribution in [2.45, 2.75) is 11.7 Å². The van der Waals surface area contributed by atoms with E-state index in [1.807, 2.05) is 6.07 Å². The minimum atomic E-state index is -3.09. The zero-order valence-electron chi connectivity index (χ0n) is 12.2. The molecule has 1 atom stereocenters. The lowest BCUT2D eigenvalue weighted by Gasteiger charge is -2.13. The molecule has 2 aliphatic rings. The summed E-state index contributed by atoms with van der Waals surface area (Å²) in [5, 5.41) is -0.449. The zero-order valence-corrected chi connectivity index (χ0v) is 13.0. The summed E-state index contributed by atoms with van der Waals surface area (Å²) in [6.07, 6.45) is 4.87. The lowest BCUT2D eigenvalue weighted by molar-refractivity contribution is -0.124. The maximum absolute atomic E-state index is 12.1. The van der Waals surface area contributed by atoms with Gasteiger partial charge in [-0.2, -0.15) is 0 Å². The minimum absolute atomic E-state index is 0.177. The fourth-order valence-corrected chi connectivity index (χ4v) is 3.55. The first kappa shape index (κ1) is 14.9. The molecule has 1 aromatic rings. The third-order valence-corrected chi connectivity index (χ3v) is 5.47. The van der Waals surface area contributed by atoms with Crippen LogP contribution in [0.4, 0.5) is 0 Å². The topological polar surface area (TPSA) is 72.9 Å². The van der Waals surface area contributed by atoms with Gasteiger partial charge in [0.25, 0.3) is 0 Å². The molecular formula is C15H17NO5S. The molecule has 118 valence electrons. The summed E-state index contributed by atoms with van der Waals surface area (Å²) in [4.78, 5) is 13.7. The third kappa shape index (κ3) is 3.09. The molecule has 1 fully saturated rings. The molecule has 0 radical (unpaired) electrons. The number of rotatable bonds is 3. The van der Waals surface area contributed by atoms with Gasteiger partial charge in [-0.15, -0.1) is 0 Å². The molecule has 1 amide bonds. The van der Waals surface area contributed by atoms with Crippen LogP contribution in [-0.4, -0.2) is 50.6 Å². The predicted molar refractivity (Wildman–Crippen MR) is 81.4 cm³/mol. The van der Waals surface area contributed by atoms with Gasteiger partial charge < -0.3 is 14.4 Å². The van der Waals surface area contributed by atoms with Gasteiger partial charge >= 0.3 is 0 Å². The number of hydrogen-bond acceptors (Lipinski definition) is 5. The average molecular weight is 323 g/mol. The Labute approximate surface area is 129 Å². The summed E-state index contributed by atoms with van der Waals surface area (Å²) in [5.41, 5.74) is 0.830. The number of nitrogens with zero attached hydrogens (tertiary/aromatic N) is 1. The number of hydrogen-bond donors (Lipinski definition) is 0. The van der Waals surface area contributed by atoms with Crippen LogP contribution < -0.4 is 9.47 Å². The Hall–Kier alpha value is -2.02. The Morgan fingerprint density at radius 1 is 1.32 bits per heavy atom. The molecule has 3 rings (SSSR count). The molecular weight excluding hydrogens is 306 g/mol. The highest BCUT2D eigenvalue weighted by molar-refractivity contribution is 7.91. The molecule has 0 N–H and O–H groups in total. The molecule has 1 saturated heterocycles. The highest BCUT2D eigenvalue weighted by atomic mass is 32.2. The van der Waals surface area contributed by atoms with E-state index in [1.54, 1.807) is 23.1 Å². The molecule has 0 spiro atoms. The van der Waals surface area contributed by atoms with Crippen LogP contribution in [0.25, 0.3) is 6.08 Å². The Balaban J connectivity index is 1.65. The SMILES string of the molecule is CS(=O)(=O)C1CCN(C(=O)/C=C/c2ccc3c(c2)OCO3)C1. The van der Waals surface area contributed by atoms with Crippen molar-refractivity contribution in [2.75, 3.05) is 26.1 Å². The highest BCUT2D eigenvalue weighted by Gasteiger charge is 2.31. The second-order valence-electron chi connectivity index (χ2n) is 5.47. The quantitative estimate of drug-likeness (QED) is 0.778. The molecule has 0 aliphatic carbocycles. The smallest absolute Gasteiger partial charge is 0.246 e. The van der Waals surface area contributed by atoms with E-state index in [1.165, 1.54) is 12.3 Å². The van der Waals surface area contributed by atoms with E-state index in [4.69, 9.17) is 9.47 Å². The van der Waals surface area contributed by atoms with Gasteiger partial charge in [-0.05, 0) is 30.2 Å². The van der Waals surface area contributed by atoms with Crippen molar-refractivity contribution in [3.8, 4) is 11.5 Å². The molecule has 0 bridgehead atoms. The molecule has 1 aromatic carbocycles. The number of benzene rings is 1. The summed E-state index contributed by atoms with van der Waals surface area (Å²) in [7, 11) is -3.09. The second kappa shape index (κ2) is 5.64. The van der Waals surface area contributed by atoms with Crippen molar-refractivity contribution >= 4 is 21.8 Å². The van der Waals surface area contributed by atoms with E-state index in [9.17, 15) is 13.2 Å². The fourth-order valence-electron chi connectivity index (χ4n) is 2.57. The van der Waals surface area contributed by atoms with Crippen molar-refractivity contribution in [3.63, 3.8) is 0 Å². The fraction of sp³-hybridized carbons (Fsp3) is 0.400. The van der Waals surface area contributed by atoms with Crippen LogP contribution in [0.2, 0.25) is 0 Å². The Kier molecular flexibility index (Phi) is 3.82. The molecule has 0 saturated carbocycles. The van der Waals surface area contributed by atoms with Crippen molar-refractivity contribution in [1.82, 2.24) is 4.90 Å². The van der Waals surface area contributed by atoms with E-state index in [-0.39, 0.29) is 19.2 Å². The van der Waals surface area contributed by atoms with Gasteiger partial charge in [-0.25, -0.2) is 8.42 Å². The minimum Gasteiger partial charge on any atom is -0.454 e. The average Bonchev–Trinajstić information content (AvgIpc) is 3.12. The first-order valence-electron chi connectivity index (χ1n) is 6.99. The molecule has 2 aliphatic heterocycles. The summed E-state index contributed by atoms with van der Waals surface area (Å²) in [6, 6.07) is 5.43. The van der Waals surface area contributed by atoms with Gasteiger partial charge in [0, 0.05) is 25.4 Å². The number of carbonyl (C=O) groups excluding carboxylic acids is 1. The highest BCUT2D eigenvalue weighted by Crippen LogP contribution is 2.32. The van der Waals surface area contributed by atoms with E-state index >= 15 is 0 Å². The largest absolute Gasteiger partial charge is 0.454 e. The summed E-state index contributed by atoms with van der Waals surface area (Å²) >= 11 is 0. The van der Waals surface area contributed by atoms with Crippen LogP contribution in [0.1, 0.15) is 12.0 Å². The molecule has 2 heterocycles. The van der Waals surface area contributed by atoms with Gasteiger partial charge in [-0.1, -0.05) is 6.07 Å². The lowest BCUT2D eigenvalue weighted by Crippen LogP contribution is -2.30. The Morgan fingerprint density at radius 3 is 2.82 bits per heavy atom. The van der Waals surface area contributed by atoms with Crippen molar-refractivity contribution in [3.05, 3.63) is 29.8 Å². The van der Waals surface area contributed by atoms with E-state index in [0.717, 1.165) is 5.56 Å². The summed E-state index contributed by atoms with van der Waals surface area (Å²) in [5.74, 6) is 1.18. The Bertz CT molecular complexity index is 725. The number of fused-ring (bicyclic) bond motifs is 1. The molecule has 6 nitrogen and oxygen atoms in total. The van der Waals surface area contributed by atoms with Crippen molar-refractivity contribution in [1.29, 1.82) is 0 Å². The molecule has 1 unspecified atom stereocenters. The zero-order chi connectivity index (χ0) is 15.7. The van der Waals surface area contributed by atoms with Crippen molar-refractivity contribution < 1.29 is 22.7 Å². The summed E-state index contributed by atoms with van der Waals surface area (Å²) < 4.78 is 33.5. The molecule has 0 aromatic heterocycles. The van der Waals surface area contributed by atoms with Gasteiger partial charge in [0.1, 0.15) is 0 Å². The normalized spacial score (nSPS) is 20.8. The van der Waals surface area contributed by atoms with Gasteiger partial charge in [0.2, 0.25) is 12.7 Å². The van der Waals surface area contributed by atoms with E-state index < -0.39 is 15.1 Å². The van der Waals surface area contributed by atoms with Gasteiger partial charge in [0.05, 0.1) is 5.25 Å². The maximum Gasteiger partial charge on any atom is 0.246 e. The predicted octanol–water partition coefficient (Wildman–Crippen LogP) is 1.07. The van der Waals surface area contributed by atoms with Crippen LogP contribution in [-0.2, 0) is 14.6 Å². The molecule has 7 heteroatoms. The first-order chi connectivity index (χ1) is 10.4. The number of ether oxygens (including phenoxy) is 2. The first-order valence-corrected chi connectivity index (χ1v) is 8.94. The van der Waals surface area contributed by atoms with Crippen molar-refractivity contribution in [2.24, 2.45) is 0 Å². The van der Waals surface area contributed by atoms with Gasteiger partial charge in [-0.3, -0.25) is 4.79 Å². The number of likely N-dealkylation sites (tertiary alicyclic amines) is 1. The van der Waals surface area contributed by atoms with Crippen LogP contribution in [0.5, 0.6) is 11.5 Å². The van der Waals surface area contributed by atoms with Crippen LogP contribution in [0, 0.1) is 0 Å². The van der Waals surface area contributed by atoms with E-state index in [0.29, 0.717) is 24.5 Å². The van der Waals surface area contributed by atoms with Crippen LogP contribution >= 0.6 is 0 Å². The monoisotopic (exact) mass is 323 g/mol. The second-order valence-corrected chi connectivity index (χ2v) is 7.80. The lowest BCUT2D eigenvalue weighted by atomic mass is 10.2. The van der Waals surface area contributed by atoms with Gasteiger partial charge in [0.15, 0.2) is 21.3 Å². The maximum atomic E-state index is 12.1. The number of sulfone groups is 1. The number of amides is 1. The Morgan fingerprint density at radius 2 is 2.09 bits per heavy atom. The van der Waals surface area contributed by atoms with Crippen LogP contribution in [0.3, 0.4) is 0 Å².